The molecule has 0 aliphatic rings. The highest BCUT2D eigenvalue weighted by Crippen LogP contribution is 2.18. The van der Waals surface area contributed by atoms with Crippen LogP contribution in [0.5, 0.6) is 0 Å². The zero-order valence-electron chi connectivity index (χ0n) is 11.2. The van der Waals surface area contributed by atoms with Crippen molar-refractivity contribution in [3.8, 4) is 0 Å². The van der Waals surface area contributed by atoms with Crippen molar-refractivity contribution in [1.29, 1.82) is 0 Å². The molecule has 2 aromatic rings. The first-order valence-electron chi connectivity index (χ1n) is 6.22. The van der Waals surface area contributed by atoms with Crippen molar-refractivity contribution in [1.82, 2.24) is 15.0 Å². The van der Waals surface area contributed by atoms with Gasteiger partial charge in [-0.1, -0.05) is 6.07 Å². The third-order valence-corrected chi connectivity index (χ3v) is 5.25. The van der Waals surface area contributed by atoms with Gasteiger partial charge in [-0.25, -0.2) is 13.1 Å². The van der Waals surface area contributed by atoms with Gasteiger partial charge in [-0.2, -0.15) is 0 Å². The molecule has 2 heterocycles. The zero-order valence-corrected chi connectivity index (χ0v) is 12.8. The molecule has 0 aromatic carbocycles. The van der Waals surface area contributed by atoms with E-state index in [1.807, 2.05) is 19.2 Å². The monoisotopic (exact) mass is 311 g/mol. The van der Waals surface area contributed by atoms with E-state index in [4.69, 9.17) is 0 Å². The lowest BCUT2D eigenvalue weighted by Crippen LogP contribution is -2.25. The van der Waals surface area contributed by atoms with Crippen molar-refractivity contribution < 1.29 is 8.42 Å². The van der Waals surface area contributed by atoms with E-state index in [0.29, 0.717) is 24.4 Å². The first-order chi connectivity index (χ1) is 9.62. The summed E-state index contributed by atoms with van der Waals surface area (Å²) in [6.07, 6.45) is 4.06. The molecule has 2 N–H and O–H groups in total. The molecular formula is C13H17N3O2S2. The Morgan fingerprint density at radius 1 is 1.40 bits per heavy atom. The van der Waals surface area contributed by atoms with Gasteiger partial charge in [0.2, 0.25) is 10.0 Å². The van der Waals surface area contributed by atoms with Crippen LogP contribution >= 0.6 is 11.3 Å². The van der Waals surface area contributed by atoms with Crippen molar-refractivity contribution in [2.24, 2.45) is 0 Å². The largest absolute Gasteiger partial charge is 0.315 e. The van der Waals surface area contributed by atoms with E-state index in [0.717, 1.165) is 10.4 Å². The number of pyridine rings is 1. The van der Waals surface area contributed by atoms with Gasteiger partial charge >= 0.3 is 0 Å². The quantitative estimate of drug-likeness (QED) is 0.810. The third kappa shape index (κ3) is 4.11. The van der Waals surface area contributed by atoms with Gasteiger partial charge < -0.3 is 5.32 Å². The fourth-order valence-corrected chi connectivity index (χ4v) is 4.05. The Kier molecular flexibility index (Phi) is 5.24. The molecule has 0 fully saturated rings. The van der Waals surface area contributed by atoms with Crippen LogP contribution in [0, 0.1) is 0 Å². The minimum atomic E-state index is -3.42. The smallest absolute Gasteiger partial charge is 0.241 e. The average molecular weight is 311 g/mol. The lowest BCUT2D eigenvalue weighted by atomic mass is 10.2. The molecule has 0 radical (unpaired) electrons. The highest BCUT2D eigenvalue weighted by atomic mass is 32.2. The van der Waals surface area contributed by atoms with Gasteiger partial charge in [0.25, 0.3) is 0 Å². The molecule has 0 spiro atoms. The number of nitrogens with one attached hydrogen (secondary N) is 2. The molecule has 0 atom stereocenters. The lowest BCUT2D eigenvalue weighted by molar-refractivity contribution is 0.582. The van der Waals surface area contributed by atoms with Gasteiger partial charge in [-0.05, 0) is 31.2 Å². The summed E-state index contributed by atoms with van der Waals surface area (Å²) in [4.78, 5) is 5.33. The number of nitrogens with zero attached hydrogens (tertiary/aromatic N) is 1. The van der Waals surface area contributed by atoms with E-state index < -0.39 is 10.0 Å². The average Bonchev–Trinajstić information content (AvgIpc) is 2.90. The predicted octanol–water partition coefficient (Wildman–Crippen LogP) is 1.38. The predicted molar refractivity (Wildman–Crippen MR) is 80.2 cm³/mol. The second-order valence-corrected chi connectivity index (χ2v) is 7.05. The molecule has 0 aliphatic carbocycles. The van der Waals surface area contributed by atoms with Gasteiger partial charge in [-0.3, -0.25) is 4.98 Å². The van der Waals surface area contributed by atoms with Crippen LogP contribution in [-0.2, 0) is 23.0 Å². The normalized spacial score (nSPS) is 11.7. The Balaban J connectivity index is 1.93. The molecule has 7 heteroatoms. The number of rotatable bonds is 7. The molecule has 108 valence electrons. The van der Waals surface area contributed by atoms with Gasteiger partial charge in [0.1, 0.15) is 0 Å². The SMILES string of the molecule is CNCc1cc(S(=O)(=O)NCCc2cccnc2)cs1. The second kappa shape index (κ2) is 6.94. The molecule has 0 bridgehead atoms. The van der Waals surface area contributed by atoms with E-state index >= 15 is 0 Å². The summed E-state index contributed by atoms with van der Waals surface area (Å²) in [5.41, 5.74) is 1.01. The maximum Gasteiger partial charge on any atom is 0.241 e. The highest BCUT2D eigenvalue weighted by Gasteiger charge is 2.15. The van der Waals surface area contributed by atoms with Crippen molar-refractivity contribution in [2.45, 2.75) is 17.9 Å². The van der Waals surface area contributed by atoms with Crippen LogP contribution in [0.15, 0.2) is 40.9 Å². The minimum Gasteiger partial charge on any atom is -0.315 e. The van der Waals surface area contributed by atoms with Crippen LogP contribution in [0.2, 0.25) is 0 Å². The number of aromatic nitrogens is 1. The summed E-state index contributed by atoms with van der Waals surface area (Å²) in [6.45, 7) is 1.04. The number of sulfonamides is 1. The molecule has 0 unspecified atom stereocenters. The van der Waals surface area contributed by atoms with Gasteiger partial charge in [0.05, 0.1) is 4.90 Å². The summed E-state index contributed by atoms with van der Waals surface area (Å²) < 4.78 is 26.8. The maximum absolute atomic E-state index is 12.1. The van der Waals surface area contributed by atoms with Crippen LogP contribution in [-0.4, -0.2) is 27.0 Å². The maximum atomic E-state index is 12.1. The van der Waals surface area contributed by atoms with Crippen molar-refractivity contribution >= 4 is 21.4 Å². The fourth-order valence-electron chi connectivity index (χ4n) is 1.73. The van der Waals surface area contributed by atoms with Crippen molar-refractivity contribution in [2.75, 3.05) is 13.6 Å². The fraction of sp³-hybridized carbons (Fsp3) is 0.308. The van der Waals surface area contributed by atoms with Crippen LogP contribution in [0.3, 0.4) is 0 Å². The zero-order chi connectivity index (χ0) is 14.4. The van der Waals surface area contributed by atoms with E-state index in [9.17, 15) is 8.42 Å². The molecule has 0 saturated carbocycles. The Morgan fingerprint density at radius 2 is 2.25 bits per heavy atom. The van der Waals surface area contributed by atoms with Crippen LogP contribution in [0.25, 0.3) is 0 Å². The molecule has 0 saturated heterocycles. The molecule has 20 heavy (non-hydrogen) atoms. The number of hydrogen-bond acceptors (Lipinski definition) is 5. The standard InChI is InChI=1S/C13H17N3O2S2/c1-14-9-12-7-13(10-19-12)20(17,18)16-6-4-11-3-2-5-15-8-11/h2-3,5,7-8,10,14,16H,4,6,9H2,1H3. The first kappa shape index (κ1) is 15.1. The molecule has 2 rings (SSSR count). The summed E-state index contributed by atoms with van der Waals surface area (Å²) in [5, 5.41) is 4.67. The first-order valence-corrected chi connectivity index (χ1v) is 8.58. The molecule has 5 nitrogen and oxygen atoms in total. The van der Waals surface area contributed by atoms with Crippen LogP contribution < -0.4 is 10.0 Å². The molecule has 0 aliphatic heterocycles. The molecular weight excluding hydrogens is 294 g/mol. The third-order valence-electron chi connectivity index (χ3n) is 2.72. The van der Waals surface area contributed by atoms with Gasteiger partial charge in [0.15, 0.2) is 0 Å². The lowest BCUT2D eigenvalue weighted by Gasteiger charge is -2.04. The van der Waals surface area contributed by atoms with E-state index in [2.05, 4.69) is 15.0 Å². The Bertz CT molecular complexity index is 639. The van der Waals surface area contributed by atoms with Crippen molar-refractivity contribution in [3.05, 3.63) is 46.4 Å². The molecule has 0 amide bonds. The molecule has 2 aromatic heterocycles. The Morgan fingerprint density at radius 3 is 2.95 bits per heavy atom. The summed E-state index contributed by atoms with van der Waals surface area (Å²) in [6, 6.07) is 5.47. The minimum absolute atomic E-state index is 0.332. The topological polar surface area (TPSA) is 71.1 Å². The van der Waals surface area contributed by atoms with Crippen LogP contribution in [0.4, 0.5) is 0 Å². The summed E-state index contributed by atoms with van der Waals surface area (Å²) in [5.74, 6) is 0. The number of hydrogen-bond donors (Lipinski definition) is 2. The summed E-state index contributed by atoms with van der Waals surface area (Å²) in [7, 11) is -1.58. The Labute approximate surface area is 123 Å². The summed E-state index contributed by atoms with van der Waals surface area (Å²) >= 11 is 1.44. The highest BCUT2D eigenvalue weighted by molar-refractivity contribution is 7.89. The second-order valence-electron chi connectivity index (χ2n) is 4.29. The van der Waals surface area contributed by atoms with Gasteiger partial charge in [0, 0.05) is 35.7 Å². The van der Waals surface area contributed by atoms with Gasteiger partial charge in [-0.15, -0.1) is 11.3 Å². The van der Waals surface area contributed by atoms with Crippen LogP contribution in [0.1, 0.15) is 10.4 Å². The van der Waals surface area contributed by atoms with Crippen molar-refractivity contribution in [3.63, 3.8) is 0 Å². The van der Waals surface area contributed by atoms with E-state index in [-0.39, 0.29) is 0 Å². The van der Waals surface area contributed by atoms with E-state index in [1.165, 1.54) is 11.3 Å². The van der Waals surface area contributed by atoms with E-state index in [1.54, 1.807) is 23.8 Å². The Hall–Kier alpha value is -1.28. The number of thiophene rings is 1.